The zero-order chi connectivity index (χ0) is 25.6. The van der Waals surface area contributed by atoms with Crippen molar-refractivity contribution in [3.63, 3.8) is 0 Å². The smallest absolute Gasteiger partial charge is 0.337 e. The minimum atomic E-state index is -4.21. The van der Waals surface area contributed by atoms with Crippen molar-refractivity contribution in [1.29, 1.82) is 0 Å². The van der Waals surface area contributed by atoms with Crippen LogP contribution in [0.4, 0.5) is 5.69 Å². The summed E-state index contributed by atoms with van der Waals surface area (Å²) in [6.45, 7) is 1.18. The van der Waals surface area contributed by atoms with E-state index in [1.807, 2.05) is 0 Å². The normalized spacial score (nSPS) is 14.0. The molecule has 10 nitrogen and oxygen atoms in total. The zero-order valence-corrected chi connectivity index (χ0v) is 20.6. The van der Waals surface area contributed by atoms with Crippen LogP contribution in [0, 0.1) is 0 Å². The third-order valence-electron chi connectivity index (χ3n) is 5.63. The molecule has 1 heterocycles. The largest absolute Gasteiger partial charge is 0.496 e. The molecule has 0 saturated carbocycles. The number of nitrogens with zero attached hydrogens (tertiary/aromatic N) is 1. The van der Waals surface area contributed by atoms with Crippen LogP contribution in [0.1, 0.15) is 56.8 Å². The van der Waals surface area contributed by atoms with E-state index in [2.05, 4.69) is 14.2 Å². The van der Waals surface area contributed by atoms with Crippen molar-refractivity contribution >= 4 is 33.6 Å². The van der Waals surface area contributed by atoms with Crippen molar-refractivity contribution in [2.45, 2.75) is 30.6 Å². The van der Waals surface area contributed by atoms with Gasteiger partial charge in [-0.1, -0.05) is 12.8 Å². The monoisotopic (exact) mass is 504 g/mol. The first-order valence-electron chi connectivity index (χ1n) is 11.0. The highest BCUT2D eigenvalue weighted by Crippen LogP contribution is 2.27. The molecular formula is C24H28N2O8S. The molecular weight excluding hydrogens is 476 g/mol. The molecule has 0 spiro atoms. The topological polar surface area (TPSA) is 128 Å². The Morgan fingerprint density at radius 1 is 0.829 bits per heavy atom. The number of methoxy groups -OCH3 is 3. The number of hydrogen-bond donors (Lipinski definition) is 1. The Hall–Kier alpha value is -3.60. The highest BCUT2D eigenvalue weighted by Gasteiger charge is 2.25. The molecule has 2 aromatic carbocycles. The van der Waals surface area contributed by atoms with Crippen LogP contribution in [-0.2, 0) is 19.5 Å². The molecule has 1 amide bonds. The summed E-state index contributed by atoms with van der Waals surface area (Å²) in [5.74, 6) is -1.56. The summed E-state index contributed by atoms with van der Waals surface area (Å²) >= 11 is 0. The average Bonchev–Trinajstić information content (AvgIpc) is 3.16. The molecule has 3 rings (SSSR count). The van der Waals surface area contributed by atoms with Crippen LogP contribution in [-0.4, -0.2) is 65.6 Å². The Labute approximate surface area is 204 Å². The second-order valence-electron chi connectivity index (χ2n) is 7.96. The molecule has 0 atom stereocenters. The summed E-state index contributed by atoms with van der Waals surface area (Å²) in [7, 11) is -0.473. The van der Waals surface area contributed by atoms with E-state index in [4.69, 9.17) is 4.74 Å². The van der Waals surface area contributed by atoms with Gasteiger partial charge in [-0.25, -0.2) is 18.0 Å². The lowest BCUT2D eigenvalue weighted by molar-refractivity contribution is 0.0598. The number of benzene rings is 2. The Bertz CT molecular complexity index is 1180. The van der Waals surface area contributed by atoms with E-state index in [1.54, 1.807) is 4.90 Å². The van der Waals surface area contributed by atoms with Gasteiger partial charge in [0.15, 0.2) is 0 Å². The van der Waals surface area contributed by atoms with E-state index < -0.39 is 22.0 Å². The van der Waals surface area contributed by atoms with Crippen molar-refractivity contribution in [2.75, 3.05) is 39.1 Å². The fraction of sp³-hybridized carbons (Fsp3) is 0.375. The molecule has 188 valence electrons. The number of amides is 1. The fourth-order valence-corrected chi connectivity index (χ4v) is 4.90. The lowest BCUT2D eigenvalue weighted by atomic mass is 10.1. The van der Waals surface area contributed by atoms with Crippen LogP contribution < -0.4 is 9.46 Å². The van der Waals surface area contributed by atoms with Gasteiger partial charge in [0.05, 0.1) is 48.6 Å². The Morgan fingerprint density at radius 3 is 1.91 bits per heavy atom. The van der Waals surface area contributed by atoms with Gasteiger partial charge in [-0.15, -0.1) is 0 Å². The first-order chi connectivity index (χ1) is 16.7. The molecule has 2 aromatic rings. The third-order valence-corrected chi connectivity index (χ3v) is 7.01. The number of ether oxygens (including phenoxy) is 3. The maximum absolute atomic E-state index is 13.2. The number of carbonyl (C=O) groups excluding carboxylic acids is 3. The zero-order valence-electron chi connectivity index (χ0n) is 19.8. The van der Waals surface area contributed by atoms with Crippen LogP contribution in [0.5, 0.6) is 5.75 Å². The molecule has 11 heteroatoms. The SMILES string of the molecule is COC(=O)c1cc(NS(=O)(=O)c2ccc(OC)c(C(=O)N3CCCCCC3)c2)cc(C(=O)OC)c1. The number of likely N-dealkylation sites (tertiary alicyclic amines) is 1. The average molecular weight is 505 g/mol. The standard InChI is InChI=1S/C24H28N2O8S/c1-32-21-9-8-19(15-20(21)22(27)26-10-6-4-5-7-11-26)35(30,31)25-18-13-16(23(28)33-2)12-17(14-18)24(29)34-3/h8-9,12-15,25H,4-7,10-11H2,1-3H3. The predicted octanol–water partition coefficient (Wildman–Crippen LogP) is 3.09. The van der Waals surface area contributed by atoms with Crippen LogP contribution in [0.15, 0.2) is 41.3 Å². The molecule has 1 fully saturated rings. The van der Waals surface area contributed by atoms with E-state index >= 15 is 0 Å². The molecule has 1 saturated heterocycles. The fourth-order valence-electron chi connectivity index (χ4n) is 3.84. The summed E-state index contributed by atoms with van der Waals surface area (Å²) < 4.78 is 43.4. The molecule has 1 aliphatic rings. The highest BCUT2D eigenvalue weighted by molar-refractivity contribution is 7.92. The molecule has 35 heavy (non-hydrogen) atoms. The van der Waals surface area contributed by atoms with E-state index in [9.17, 15) is 22.8 Å². The van der Waals surface area contributed by atoms with Crippen LogP contribution >= 0.6 is 0 Å². The number of hydrogen-bond acceptors (Lipinski definition) is 8. The van der Waals surface area contributed by atoms with E-state index in [-0.39, 0.29) is 38.9 Å². The van der Waals surface area contributed by atoms with Crippen molar-refractivity contribution in [3.05, 3.63) is 53.1 Å². The minimum Gasteiger partial charge on any atom is -0.496 e. The van der Waals surface area contributed by atoms with Gasteiger partial charge >= 0.3 is 11.9 Å². The summed E-state index contributed by atoms with van der Waals surface area (Å²) in [4.78, 5) is 38.8. The van der Waals surface area contributed by atoms with Crippen LogP contribution in [0.3, 0.4) is 0 Å². The molecule has 1 N–H and O–H groups in total. The van der Waals surface area contributed by atoms with E-state index in [0.29, 0.717) is 13.1 Å². The molecule has 0 aliphatic carbocycles. The predicted molar refractivity (Wildman–Crippen MR) is 127 cm³/mol. The number of anilines is 1. The Morgan fingerprint density at radius 2 is 1.40 bits per heavy atom. The van der Waals surface area contributed by atoms with E-state index in [0.717, 1.165) is 39.9 Å². The van der Waals surface area contributed by atoms with Gasteiger partial charge in [-0.2, -0.15) is 0 Å². The van der Waals surface area contributed by atoms with E-state index in [1.165, 1.54) is 43.5 Å². The summed E-state index contributed by atoms with van der Waals surface area (Å²) in [6, 6.07) is 7.71. The maximum atomic E-state index is 13.2. The number of sulfonamides is 1. The third kappa shape index (κ3) is 6.10. The van der Waals surface area contributed by atoms with Gasteiger partial charge in [0, 0.05) is 13.1 Å². The molecule has 0 radical (unpaired) electrons. The summed E-state index contributed by atoms with van der Waals surface area (Å²) in [6.07, 6.45) is 3.84. The molecule has 0 aromatic heterocycles. The quantitative estimate of drug-likeness (QED) is 0.570. The summed E-state index contributed by atoms with van der Waals surface area (Å²) in [5, 5.41) is 0. The van der Waals surface area contributed by atoms with Crippen molar-refractivity contribution in [3.8, 4) is 5.75 Å². The van der Waals surface area contributed by atoms with Gasteiger partial charge in [0.25, 0.3) is 15.9 Å². The first-order valence-corrected chi connectivity index (χ1v) is 12.5. The van der Waals surface area contributed by atoms with Crippen molar-refractivity contribution < 1.29 is 37.0 Å². The number of esters is 2. The van der Waals surface area contributed by atoms with Gasteiger partial charge < -0.3 is 19.1 Å². The highest BCUT2D eigenvalue weighted by atomic mass is 32.2. The van der Waals surface area contributed by atoms with Gasteiger partial charge in [-0.3, -0.25) is 9.52 Å². The second kappa shape index (κ2) is 11.2. The maximum Gasteiger partial charge on any atom is 0.337 e. The van der Waals surface area contributed by atoms with Crippen LogP contribution in [0.25, 0.3) is 0 Å². The second-order valence-corrected chi connectivity index (χ2v) is 9.64. The molecule has 0 unspecified atom stereocenters. The van der Waals surface area contributed by atoms with Crippen LogP contribution in [0.2, 0.25) is 0 Å². The van der Waals surface area contributed by atoms with Crippen molar-refractivity contribution in [1.82, 2.24) is 4.90 Å². The number of rotatable bonds is 7. The number of nitrogens with one attached hydrogen (secondary N) is 1. The lowest BCUT2D eigenvalue weighted by Crippen LogP contribution is -2.32. The van der Waals surface area contributed by atoms with Gasteiger partial charge in [0.1, 0.15) is 5.75 Å². The molecule has 0 bridgehead atoms. The van der Waals surface area contributed by atoms with Gasteiger partial charge in [-0.05, 0) is 49.2 Å². The molecule has 1 aliphatic heterocycles. The van der Waals surface area contributed by atoms with Gasteiger partial charge in [0.2, 0.25) is 0 Å². The lowest BCUT2D eigenvalue weighted by Gasteiger charge is -2.22. The summed E-state index contributed by atoms with van der Waals surface area (Å²) in [5.41, 5.74) is 0.0000663. The number of carbonyl (C=O) groups is 3. The first kappa shape index (κ1) is 26.0. The van der Waals surface area contributed by atoms with Crippen molar-refractivity contribution in [2.24, 2.45) is 0 Å². The Balaban J connectivity index is 1.98. The Kier molecular flexibility index (Phi) is 8.34. The minimum absolute atomic E-state index is 0.0418.